The van der Waals surface area contributed by atoms with Crippen LogP contribution in [0.15, 0.2) is 60.9 Å². The van der Waals surface area contributed by atoms with E-state index in [9.17, 15) is 14.9 Å². The number of nitro benzene ring substituents is 1. The highest BCUT2D eigenvalue weighted by molar-refractivity contribution is 6.32. The zero-order chi connectivity index (χ0) is 22.7. The Labute approximate surface area is 189 Å². The maximum atomic E-state index is 12.9. The first-order chi connectivity index (χ1) is 15.4. The van der Waals surface area contributed by atoms with E-state index in [1.165, 1.54) is 24.5 Å². The molecule has 1 atom stereocenters. The second-order valence-electron chi connectivity index (χ2n) is 7.35. The molecule has 1 aliphatic rings. The van der Waals surface area contributed by atoms with E-state index in [-0.39, 0.29) is 17.6 Å². The van der Waals surface area contributed by atoms with Crippen LogP contribution in [0.2, 0.25) is 5.02 Å². The van der Waals surface area contributed by atoms with Crippen molar-refractivity contribution in [2.45, 2.75) is 13.0 Å². The van der Waals surface area contributed by atoms with Crippen molar-refractivity contribution >= 4 is 29.0 Å². The summed E-state index contributed by atoms with van der Waals surface area (Å²) in [5.41, 5.74) is 0.200. The fraction of sp³-hybridized carbons (Fsp3) is 0.227. The normalized spacial score (nSPS) is 16.0. The molecule has 1 aliphatic heterocycles. The van der Waals surface area contributed by atoms with E-state index >= 15 is 0 Å². The number of anilines is 1. The number of carbonyl (C=O) groups is 1. The molecule has 2 heterocycles. The SMILES string of the molecule is C[C@H]1CN(c2cc(Oc3ccccc3Cl)ncn2)CCN1C(=O)c1cccc([N+](=O)[O-])c1. The number of para-hydroxylation sites is 1. The first-order valence-electron chi connectivity index (χ1n) is 9.97. The molecule has 0 bridgehead atoms. The lowest BCUT2D eigenvalue weighted by Crippen LogP contribution is -2.54. The Morgan fingerprint density at radius 2 is 1.97 bits per heavy atom. The average Bonchev–Trinajstić information content (AvgIpc) is 2.80. The maximum absolute atomic E-state index is 12.9. The molecular weight excluding hydrogens is 434 g/mol. The lowest BCUT2D eigenvalue weighted by molar-refractivity contribution is -0.384. The molecule has 0 saturated carbocycles. The standard InChI is InChI=1S/C22H20ClN5O4/c1-15-13-26(9-10-27(15)22(29)16-5-4-6-17(11-16)28(30)31)20-12-21(25-14-24-20)32-19-8-3-2-7-18(19)23/h2-8,11-12,14-15H,9-10,13H2,1H3/t15-/m0/s1. The van der Waals surface area contributed by atoms with Gasteiger partial charge in [0.2, 0.25) is 5.88 Å². The van der Waals surface area contributed by atoms with Crippen LogP contribution in [-0.2, 0) is 0 Å². The maximum Gasteiger partial charge on any atom is 0.270 e. The van der Waals surface area contributed by atoms with Crippen LogP contribution >= 0.6 is 11.6 Å². The minimum Gasteiger partial charge on any atom is -0.437 e. The van der Waals surface area contributed by atoms with Gasteiger partial charge in [0.25, 0.3) is 11.6 Å². The average molecular weight is 454 g/mol. The highest BCUT2D eigenvalue weighted by Crippen LogP contribution is 2.29. The molecule has 0 unspecified atom stereocenters. The van der Waals surface area contributed by atoms with Crippen LogP contribution in [-0.4, -0.2) is 51.4 Å². The van der Waals surface area contributed by atoms with Crippen molar-refractivity contribution in [2.75, 3.05) is 24.5 Å². The van der Waals surface area contributed by atoms with Gasteiger partial charge in [-0.25, -0.2) is 9.97 Å². The molecule has 0 spiro atoms. The minimum absolute atomic E-state index is 0.103. The Bertz CT molecular complexity index is 1160. The van der Waals surface area contributed by atoms with Gasteiger partial charge >= 0.3 is 0 Å². The zero-order valence-corrected chi connectivity index (χ0v) is 18.0. The number of ether oxygens (including phenoxy) is 1. The Hall–Kier alpha value is -3.72. The monoisotopic (exact) mass is 453 g/mol. The van der Waals surface area contributed by atoms with Crippen LogP contribution < -0.4 is 9.64 Å². The summed E-state index contributed by atoms with van der Waals surface area (Å²) in [5.74, 6) is 1.31. The first kappa shape index (κ1) is 21.5. The van der Waals surface area contributed by atoms with Crippen LogP contribution in [0.5, 0.6) is 11.6 Å². The van der Waals surface area contributed by atoms with E-state index < -0.39 is 4.92 Å². The van der Waals surface area contributed by atoms with Crippen molar-refractivity contribution in [3.05, 3.63) is 81.6 Å². The van der Waals surface area contributed by atoms with Crippen molar-refractivity contribution in [1.82, 2.24) is 14.9 Å². The molecule has 32 heavy (non-hydrogen) atoms. The number of aromatic nitrogens is 2. The van der Waals surface area contributed by atoms with Gasteiger partial charge in [0.15, 0.2) is 0 Å². The number of rotatable bonds is 5. The molecule has 0 aliphatic carbocycles. The smallest absolute Gasteiger partial charge is 0.270 e. The molecule has 1 fully saturated rings. The van der Waals surface area contributed by atoms with Crippen LogP contribution in [0, 0.1) is 10.1 Å². The van der Waals surface area contributed by atoms with Crippen LogP contribution in [0.3, 0.4) is 0 Å². The molecule has 10 heteroatoms. The number of halogens is 1. The van der Waals surface area contributed by atoms with Gasteiger partial charge in [0, 0.05) is 49.4 Å². The van der Waals surface area contributed by atoms with Gasteiger partial charge in [-0.2, -0.15) is 0 Å². The Kier molecular flexibility index (Phi) is 6.18. The van der Waals surface area contributed by atoms with E-state index in [1.807, 2.05) is 24.0 Å². The number of nitrogens with zero attached hydrogens (tertiary/aromatic N) is 5. The third kappa shape index (κ3) is 4.62. The molecule has 1 amide bonds. The second-order valence-corrected chi connectivity index (χ2v) is 7.76. The number of hydrogen-bond acceptors (Lipinski definition) is 7. The summed E-state index contributed by atoms with van der Waals surface area (Å²) >= 11 is 6.15. The first-order valence-corrected chi connectivity index (χ1v) is 10.3. The number of carbonyl (C=O) groups excluding carboxylic acids is 1. The summed E-state index contributed by atoms with van der Waals surface area (Å²) in [6.45, 7) is 3.48. The lowest BCUT2D eigenvalue weighted by Gasteiger charge is -2.40. The Morgan fingerprint density at radius 1 is 1.16 bits per heavy atom. The molecule has 1 aromatic heterocycles. The lowest BCUT2D eigenvalue weighted by atomic mass is 10.1. The van der Waals surface area contributed by atoms with Gasteiger partial charge in [-0.15, -0.1) is 0 Å². The minimum atomic E-state index is -0.504. The number of nitro groups is 1. The van der Waals surface area contributed by atoms with Crippen LogP contribution in [0.4, 0.5) is 11.5 Å². The summed E-state index contributed by atoms with van der Waals surface area (Å²) in [5, 5.41) is 11.5. The van der Waals surface area contributed by atoms with Crippen molar-refractivity contribution in [1.29, 1.82) is 0 Å². The Balaban J connectivity index is 1.45. The third-order valence-corrected chi connectivity index (χ3v) is 5.51. The largest absolute Gasteiger partial charge is 0.437 e. The van der Waals surface area contributed by atoms with Crippen molar-refractivity contribution in [2.24, 2.45) is 0 Å². The molecule has 3 aromatic rings. The van der Waals surface area contributed by atoms with Crippen molar-refractivity contribution in [3.63, 3.8) is 0 Å². The molecule has 164 valence electrons. The highest BCUT2D eigenvalue weighted by atomic mass is 35.5. The fourth-order valence-electron chi connectivity index (χ4n) is 3.58. The summed E-state index contributed by atoms with van der Waals surface area (Å²) < 4.78 is 5.79. The van der Waals surface area contributed by atoms with E-state index in [0.717, 1.165) is 0 Å². The predicted octanol–water partition coefficient (Wildman–Crippen LogP) is 4.18. The molecule has 0 radical (unpaired) electrons. The summed E-state index contributed by atoms with van der Waals surface area (Å²) in [4.78, 5) is 35.7. The molecule has 4 rings (SSSR count). The molecule has 1 saturated heterocycles. The Morgan fingerprint density at radius 3 is 2.72 bits per heavy atom. The molecular formula is C22H20ClN5O4. The molecule has 0 N–H and O–H groups in total. The number of benzene rings is 2. The highest BCUT2D eigenvalue weighted by Gasteiger charge is 2.29. The van der Waals surface area contributed by atoms with Gasteiger partial charge in [-0.05, 0) is 25.1 Å². The molecule has 9 nitrogen and oxygen atoms in total. The summed E-state index contributed by atoms with van der Waals surface area (Å²) in [6, 6.07) is 14.5. The van der Waals surface area contributed by atoms with E-state index in [4.69, 9.17) is 16.3 Å². The van der Waals surface area contributed by atoms with Gasteiger partial charge in [-0.1, -0.05) is 29.8 Å². The number of non-ortho nitro benzene ring substituents is 1. The van der Waals surface area contributed by atoms with Gasteiger partial charge in [0.05, 0.1) is 9.95 Å². The van der Waals surface area contributed by atoms with E-state index in [0.29, 0.717) is 47.7 Å². The molecule has 2 aromatic carbocycles. The van der Waals surface area contributed by atoms with Crippen molar-refractivity contribution < 1.29 is 14.5 Å². The third-order valence-electron chi connectivity index (χ3n) is 5.20. The van der Waals surface area contributed by atoms with Crippen LogP contribution in [0.1, 0.15) is 17.3 Å². The number of amides is 1. The topological polar surface area (TPSA) is 102 Å². The number of hydrogen-bond donors (Lipinski definition) is 0. The quantitative estimate of drug-likeness (QED) is 0.421. The fourth-order valence-corrected chi connectivity index (χ4v) is 3.76. The van der Waals surface area contributed by atoms with Crippen LogP contribution in [0.25, 0.3) is 0 Å². The van der Waals surface area contributed by atoms with Crippen molar-refractivity contribution in [3.8, 4) is 11.6 Å². The summed E-state index contributed by atoms with van der Waals surface area (Å²) in [6.07, 6.45) is 1.42. The van der Waals surface area contributed by atoms with E-state index in [1.54, 1.807) is 29.2 Å². The van der Waals surface area contributed by atoms with Gasteiger partial charge < -0.3 is 14.5 Å². The van der Waals surface area contributed by atoms with Gasteiger partial charge in [0.1, 0.15) is 17.9 Å². The zero-order valence-electron chi connectivity index (χ0n) is 17.2. The summed E-state index contributed by atoms with van der Waals surface area (Å²) in [7, 11) is 0. The van der Waals surface area contributed by atoms with Gasteiger partial charge in [-0.3, -0.25) is 14.9 Å². The van der Waals surface area contributed by atoms with E-state index in [2.05, 4.69) is 9.97 Å². The number of piperazine rings is 1. The predicted molar refractivity (Wildman–Crippen MR) is 119 cm³/mol. The second kappa shape index (κ2) is 9.19.